The third kappa shape index (κ3) is 3.36. The third-order valence-electron chi connectivity index (χ3n) is 2.67. The van der Waals surface area contributed by atoms with Crippen LogP contribution in [0.5, 0.6) is 5.75 Å². The topological polar surface area (TPSA) is 38.3 Å². The minimum absolute atomic E-state index is 0.0209. The summed E-state index contributed by atoms with van der Waals surface area (Å²) in [6.07, 6.45) is 0. The van der Waals surface area contributed by atoms with Gasteiger partial charge >= 0.3 is 0 Å². The quantitative estimate of drug-likeness (QED) is 0.836. The molecular formula is C14H9BrF3NO2. The van der Waals surface area contributed by atoms with Gasteiger partial charge in [-0.05, 0) is 40.2 Å². The molecule has 0 radical (unpaired) electrons. The number of rotatable bonds is 3. The molecule has 0 fully saturated rings. The van der Waals surface area contributed by atoms with Crippen LogP contribution < -0.4 is 10.1 Å². The molecule has 3 nitrogen and oxygen atoms in total. The molecule has 0 aliphatic heterocycles. The van der Waals surface area contributed by atoms with Crippen molar-refractivity contribution in [3.05, 3.63) is 57.8 Å². The average molecular weight is 360 g/mol. The largest absolute Gasteiger partial charge is 0.494 e. The fraction of sp³-hybridized carbons (Fsp3) is 0.0714. The van der Waals surface area contributed by atoms with E-state index in [0.717, 1.165) is 18.2 Å². The Bertz CT molecular complexity index is 707. The first kappa shape index (κ1) is 15.4. The minimum atomic E-state index is -0.814. The lowest BCUT2D eigenvalue weighted by Gasteiger charge is -2.08. The highest BCUT2D eigenvalue weighted by Gasteiger charge is 2.14. The molecule has 110 valence electrons. The van der Waals surface area contributed by atoms with Gasteiger partial charge in [0.15, 0.2) is 11.6 Å². The average Bonchev–Trinajstić information content (AvgIpc) is 2.44. The Morgan fingerprint density at radius 1 is 1.10 bits per heavy atom. The molecule has 0 aromatic heterocycles. The highest BCUT2D eigenvalue weighted by molar-refractivity contribution is 9.10. The van der Waals surface area contributed by atoms with Gasteiger partial charge in [0.2, 0.25) is 0 Å². The first-order valence-corrected chi connectivity index (χ1v) is 6.51. The molecule has 0 saturated heterocycles. The summed E-state index contributed by atoms with van der Waals surface area (Å²) in [5.41, 5.74) is -0.382. The standard InChI is InChI=1S/C14H9BrF3NO2/c1-21-13-3-2-7(4-11(13)18)14(20)19-12-6-9(16)8(15)5-10(12)17/h2-6H,1H3,(H,19,20). The maximum absolute atomic E-state index is 13.6. The van der Waals surface area contributed by atoms with Crippen LogP contribution in [0.2, 0.25) is 0 Å². The van der Waals surface area contributed by atoms with Crippen LogP contribution in [0.1, 0.15) is 10.4 Å². The maximum atomic E-state index is 13.6. The van der Waals surface area contributed by atoms with Crippen molar-refractivity contribution in [2.75, 3.05) is 12.4 Å². The summed E-state index contributed by atoms with van der Waals surface area (Å²) in [5.74, 6) is -3.06. The smallest absolute Gasteiger partial charge is 0.255 e. The minimum Gasteiger partial charge on any atom is -0.494 e. The number of hydrogen-bond acceptors (Lipinski definition) is 2. The van der Waals surface area contributed by atoms with Gasteiger partial charge in [0, 0.05) is 11.6 Å². The number of nitrogens with one attached hydrogen (secondary N) is 1. The van der Waals surface area contributed by atoms with E-state index in [1.54, 1.807) is 0 Å². The van der Waals surface area contributed by atoms with Crippen LogP contribution in [-0.4, -0.2) is 13.0 Å². The van der Waals surface area contributed by atoms with Gasteiger partial charge in [-0.1, -0.05) is 0 Å². The van der Waals surface area contributed by atoms with Crippen LogP contribution in [0.15, 0.2) is 34.8 Å². The van der Waals surface area contributed by atoms with Gasteiger partial charge in [-0.25, -0.2) is 13.2 Å². The van der Waals surface area contributed by atoms with E-state index in [2.05, 4.69) is 21.2 Å². The van der Waals surface area contributed by atoms with Gasteiger partial charge in [-0.15, -0.1) is 0 Å². The summed E-state index contributed by atoms with van der Waals surface area (Å²) < 4.78 is 45.1. The Labute approximate surface area is 126 Å². The lowest BCUT2D eigenvalue weighted by Crippen LogP contribution is -2.13. The predicted octanol–water partition coefficient (Wildman–Crippen LogP) is 4.13. The van der Waals surface area contributed by atoms with E-state index in [9.17, 15) is 18.0 Å². The highest BCUT2D eigenvalue weighted by Crippen LogP contribution is 2.24. The zero-order valence-electron chi connectivity index (χ0n) is 10.7. The zero-order chi connectivity index (χ0) is 15.6. The number of hydrogen-bond donors (Lipinski definition) is 1. The van der Waals surface area contributed by atoms with E-state index in [1.165, 1.54) is 19.2 Å². The molecule has 7 heteroatoms. The van der Waals surface area contributed by atoms with Gasteiger partial charge in [-0.2, -0.15) is 0 Å². The normalized spacial score (nSPS) is 10.3. The Kier molecular flexibility index (Phi) is 4.52. The van der Waals surface area contributed by atoms with Crippen molar-refractivity contribution in [3.63, 3.8) is 0 Å². The van der Waals surface area contributed by atoms with Crippen molar-refractivity contribution in [2.45, 2.75) is 0 Å². The molecule has 0 atom stereocenters. The summed E-state index contributed by atoms with van der Waals surface area (Å²) in [6, 6.07) is 5.24. The van der Waals surface area contributed by atoms with E-state index in [0.29, 0.717) is 0 Å². The third-order valence-corrected chi connectivity index (χ3v) is 3.28. The molecule has 0 aliphatic rings. The van der Waals surface area contributed by atoms with Crippen molar-refractivity contribution in [1.29, 1.82) is 0 Å². The second-order valence-electron chi connectivity index (χ2n) is 4.05. The number of carbonyl (C=O) groups is 1. The van der Waals surface area contributed by atoms with Crippen molar-refractivity contribution in [1.82, 2.24) is 0 Å². The van der Waals surface area contributed by atoms with E-state index in [1.807, 2.05) is 0 Å². The number of ether oxygens (including phenoxy) is 1. The number of amides is 1. The molecule has 2 aromatic carbocycles. The molecule has 2 aromatic rings. The van der Waals surface area contributed by atoms with Crippen LogP contribution >= 0.6 is 15.9 Å². The lowest BCUT2D eigenvalue weighted by atomic mass is 10.2. The van der Waals surface area contributed by atoms with Gasteiger partial charge in [-0.3, -0.25) is 4.79 Å². The molecule has 0 heterocycles. The van der Waals surface area contributed by atoms with Crippen LogP contribution in [0.25, 0.3) is 0 Å². The van der Waals surface area contributed by atoms with E-state index < -0.39 is 23.4 Å². The predicted molar refractivity (Wildman–Crippen MR) is 75.0 cm³/mol. The fourth-order valence-electron chi connectivity index (χ4n) is 1.62. The number of carbonyl (C=O) groups excluding carboxylic acids is 1. The summed E-state index contributed by atoms with van der Waals surface area (Å²) >= 11 is 2.83. The number of halogens is 4. The second kappa shape index (κ2) is 6.17. The fourth-order valence-corrected chi connectivity index (χ4v) is 1.94. The number of methoxy groups -OCH3 is 1. The molecular weight excluding hydrogens is 351 g/mol. The molecule has 1 amide bonds. The maximum Gasteiger partial charge on any atom is 0.255 e. The van der Waals surface area contributed by atoms with Crippen molar-refractivity contribution < 1.29 is 22.7 Å². The van der Waals surface area contributed by atoms with E-state index in [4.69, 9.17) is 4.74 Å². The van der Waals surface area contributed by atoms with Gasteiger partial charge in [0.1, 0.15) is 11.6 Å². The molecule has 21 heavy (non-hydrogen) atoms. The van der Waals surface area contributed by atoms with Gasteiger partial charge in [0.05, 0.1) is 17.3 Å². The Morgan fingerprint density at radius 2 is 1.81 bits per heavy atom. The summed E-state index contributed by atoms with van der Waals surface area (Å²) in [7, 11) is 1.29. The van der Waals surface area contributed by atoms with Crippen molar-refractivity contribution >= 4 is 27.5 Å². The molecule has 0 bridgehead atoms. The molecule has 0 saturated carbocycles. The number of benzene rings is 2. The first-order valence-electron chi connectivity index (χ1n) is 5.72. The second-order valence-corrected chi connectivity index (χ2v) is 4.90. The Balaban J connectivity index is 2.26. The van der Waals surface area contributed by atoms with Crippen molar-refractivity contribution in [2.24, 2.45) is 0 Å². The molecule has 2 rings (SSSR count). The molecule has 0 aliphatic carbocycles. The van der Waals surface area contributed by atoms with Gasteiger partial charge < -0.3 is 10.1 Å². The monoisotopic (exact) mass is 359 g/mol. The van der Waals surface area contributed by atoms with Crippen LogP contribution in [0.4, 0.5) is 18.9 Å². The SMILES string of the molecule is COc1ccc(C(=O)Nc2cc(F)c(Br)cc2F)cc1F. The van der Waals surface area contributed by atoms with Crippen LogP contribution in [0.3, 0.4) is 0 Å². The first-order chi connectivity index (χ1) is 9.92. The van der Waals surface area contributed by atoms with E-state index >= 15 is 0 Å². The number of anilines is 1. The van der Waals surface area contributed by atoms with Crippen LogP contribution in [-0.2, 0) is 0 Å². The Morgan fingerprint density at radius 3 is 2.43 bits per heavy atom. The Hall–Kier alpha value is -2.02. The zero-order valence-corrected chi connectivity index (χ0v) is 12.3. The highest BCUT2D eigenvalue weighted by atomic mass is 79.9. The van der Waals surface area contributed by atoms with Crippen LogP contribution in [0, 0.1) is 17.5 Å². The summed E-state index contributed by atoms with van der Waals surface area (Å²) in [5, 5.41) is 2.18. The summed E-state index contributed by atoms with van der Waals surface area (Å²) in [6.45, 7) is 0. The molecule has 1 N–H and O–H groups in total. The lowest BCUT2D eigenvalue weighted by molar-refractivity contribution is 0.102. The van der Waals surface area contributed by atoms with Gasteiger partial charge in [0.25, 0.3) is 5.91 Å². The molecule has 0 spiro atoms. The van der Waals surface area contributed by atoms with Crippen molar-refractivity contribution in [3.8, 4) is 5.75 Å². The summed E-state index contributed by atoms with van der Waals surface area (Å²) in [4.78, 5) is 11.9. The van der Waals surface area contributed by atoms with E-state index in [-0.39, 0.29) is 21.5 Å². The molecule has 0 unspecified atom stereocenters.